The summed E-state index contributed by atoms with van der Waals surface area (Å²) in [5.41, 5.74) is 5.81. The van der Waals surface area contributed by atoms with Crippen LogP contribution in [0, 0.1) is 11.8 Å². The summed E-state index contributed by atoms with van der Waals surface area (Å²) in [5, 5.41) is 0. The number of hydrogen-bond acceptors (Lipinski definition) is 4. The quantitative estimate of drug-likeness (QED) is 0.905. The molecular formula is C15H23NO3S. The van der Waals surface area contributed by atoms with E-state index >= 15 is 0 Å². The molecule has 0 aliphatic heterocycles. The molecule has 5 heteroatoms. The van der Waals surface area contributed by atoms with Crippen LogP contribution >= 0.6 is 0 Å². The van der Waals surface area contributed by atoms with Crippen LogP contribution in [0.4, 0.5) is 0 Å². The van der Waals surface area contributed by atoms with Gasteiger partial charge in [0.15, 0.2) is 9.84 Å². The Morgan fingerprint density at radius 3 is 2.50 bits per heavy atom. The smallest absolute Gasteiger partial charge is 0.179 e. The lowest BCUT2D eigenvalue weighted by molar-refractivity contribution is 0.151. The van der Waals surface area contributed by atoms with E-state index in [2.05, 4.69) is 0 Å². The van der Waals surface area contributed by atoms with Crippen LogP contribution in [-0.4, -0.2) is 27.8 Å². The van der Waals surface area contributed by atoms with E-state index in [1.165, 1.54) is 19.1 Å². The van der Waals surface area contributed by atoms with Crippen molar-refractivity contribution in [2.75, 3.05) is 19.4 Å². The first-order valence-electron chi connectivity index (χ1n) is 7.14. The van der Waals surface area contributed by atoms with Gasteiger partial charge in [-0.1, -0.05) is 25.0 Å². The fourth-order valence-electron chi connectivity index (χ4n) is 2.89. The minimum atomic E-state index is -3.26. The maximum Gasteiger partial charge on any atom is 0.179 e. The Kier molecular flexibility index (Phi) is 5.05. The molecule has 0 radical (unpaired) electrons. The summed E-state index contributed by atoms with van der Waals surface area (Å²) in [4.78, 5) is 0.264. The van der Waals surface area contributed by atoms with E-state index in [9.17, 15) is 8.42 Å². The maximum atomic E-state index is 11.7. The molecule has 0 heterocycles. The standard InChI is InChI=1S/C15H23NO3S/c1-20(17,18)15-9-5-4-8-14(15)19-11-13-7-3-2-6-12(13)10-16/h4-5,8-9,12-13H,2-3,6-7,10-11,16H2,1H3. The normalized spacial score (nSPS) is 23.5. The van der Waals surface area contributed by atoms with Gasteiger partial charge >= 0.3 is 0 Å². The van der Waals surface area contributed by atoms with Crippen LogP contribution in [0.15, 0.2) is 29.2 Å². The lowest BCUT2D eigenvalue weighted by atomic mass is 9.80. The van der Waals surface area contributed by atoms with Crippen LogP contribution in [0.1, 0.15) is 25.7 Å². The second-order valence-electron chi connectivity index (χ2n) is 5.57. The summed E-state index contributed by atoms with van der Waals surface area (Å²) in [6, 6.07) is 6.82. The summed E-state index contributed by atoms with van der Waals surface area (Å²) in [6.07, 6.45) is 5.91. The van der Waals surface area contributed by atoms with Crippen molar-refractivity contribution < 1.29 is 13.2 Å². The van der Waals surface area contributed by atoms with Crippen molar-refractivity contribution in [3.63, 3.8) is 0 Å². The molecule has 0 aromatic heterocycles. The van der Waals surface area contributed by atoms with Crippen LogP contribution in [0.5, 0.6) is 5.75 Å². The summed E-state index contributed by atoms with van der Waals surface area (Å²) in [5.74, 6) is 1.38. The zero-order valence-electron chi connectivity index (χ0n) is 11.9. The molecular weight excluding hydrogens is 274 g/mol. The third-order valence-corrected chi connectivity index (χ3v) is 5.21. The van der Waals surface area contributed by atoms with E-state index in [-0.39, 0.29) is 4.90 Å². The van der Waals surface area contributed by atoms with Gasteiger partial charge in [0.1, 0.15) is 10.6 Å². The van der Waals surface area contributed by atoms with E-state index in [1.54, 1.807) is 24.3 Å². The molecule has 0 bridgehead atoms. The van der Waals surface area contributed by atoms with Crippen LogP contribution < -0.4 is 10.5 Å². The molecule has 112 valence electrons. The first-order chi connectivity index (χ1) is 9.52. The lowest BCUT2D eigenvalue weighted by Crippen LogP contribution is -2.30. The van der Waals surface area contributed by atoms with E-state index in [0.29, 0.717) is 30.7 Å². The van der Waals surface area contributed by atoms with Crippen molar-refractivity contribution in [2.24, 2.45) is 17.6 Å². The van der Waals surface area contributed by atoms with Crippen molar-refractivity contribution in [3.8, 4) is 5.75 Å². The third kappa shape index (κ3) is 3.73. The Bertz CT molecular complexity index is 542. The van der Waals surface area contributed by atoms with Gasteiger partial charge in [-0.25, -0.2) is 8.42 Å². The van der Waals surface area contributed by atoms with Crippen LogP contribution in [0.25, 0.3) is 0 Å². The van der Waals surface area contributed by atoms with Crippen molar-refractivity contribution in [3.05, 3.63) is 24.3 Å². The van der Waals surface area contributed by atoms with Gasteiger partial charge in [0.2, 0.25) is 0 Å². The summed E-state index contributed by atoms with van der Waals surface area (Å²) in [7, 11) is -3.26. The summed E-state index contributed by atoms with van der Waals surface area (Å²) in [6.45, 7) is 1.23. The van der Waals surface area contributed by atoms with E-state index in [1.807, 2.05) is 0 Å². The molecule has 2 rings (SSSR count). The van der Waals surface area contributed by atoms with E-state index in [0.717, 1.165) is 12.8 Å². The second-order valence-corrected chi connectivity index (χ2v) is 7.55. The average molecular weight is 297 g/mol. The third-order valence-electron chi connectivity index (χ3n) is 4.07. The minimum absolute atomic E-state index is 0.264. The average Bonchev–Trinajstić information content (AvgIpc) is 2.44. The highest BCUT2D eigenvalue weighted by Gasteiger charge is 2.25. The predicted molar refractivity (Wildman–Crippen MR) is 79.5 cm³/mol. The zero-order valence-corrected chi connectivity index (χ0v) is 12.7. The number of hydrogen-bond donors (Lipinski definition) is 1. The minimum Gasteiger partial charge on any atom is -0.492 e. The SMILES string of the molecule is CS(=O)(=O)c1ccccc1OCC1CCCCC1CN. The van der Waals surface area contributed by atoms with Gasteiger partial charge in [-0.05, 0) is 43.4 Å². The topological polar surface area (TPSA) is 69.4 Å². The van der Waals surface area contributed by atoms with Gasteiger partial charge in [0.05, 0.1) is 6.61 Å². The molecule has 0 saturated heterocycles. The van der Waals surface area contributed by atoms with Crippen LogP contribution in [0.2, 0.25) is 0 Å². The molecule has 2 N–H and O–H groups in total. The molecule has 1 aliphatic carbocycles. The maximum absolute atomic E-state index is 11.7. The van der Waals surface area contributed by atoms with E-state index in [4.69, 9.17) is 10.5 Å². The molecule has 2 atom stereocenters. The lowest BCUT2D eigenvalue weighted by Gasteiger charge is -2.30. The highest BCUT2D eigenvalue weighted by atomic mass is 32.2. The molecule has 4 nitrogen and oxygen atoms in total. The molecule has 1 aromatic rings. The van der Waals surface area contributed by atoms with Crippen molar-refractivity contribution in [2.45, 2.75) is 30.6 Å². The molecule has 1 aliphatic rings. The predicted octanol–water partition coefficient (Wildman–Crippen LogP) is 2.23. The first kappa shape index (κ1) is 15.3. The number of benzene rings is 1. The Balaban J connectivity index is 2.07. The van der Waals surface area contributed by atoms with Gasteiger partial charge in [-0.3, -0.25) is 0 Å². The summed E-state index contributed by atoms with van der Waals surface area (Å²) >= 11 is 0. The Labute approximate surface area is 121 Å². The first-order valence-corrected chi connectivity index (χ1v) is 9.03. The Morgan fingerprint density at radius 2 is 1.85 bits per heavy atom. The number of rotatable bonds is 5. The molecule has 0 spiro atoms. The number of sulfone groups is 1. The molecule has 1 fully saturated rings. The van der Waals surface area contributed by atoms with Crippen molar-refractivity contribution in [1.29, 1.82) is 0 Å². The fourth-order valence-corrected chi connectivity index (χ4v) is 3.70. The van der Waals surface area contributed by atoms with Gasteiger partial charge in [0, 0.05) is 6.26 Å². The molecule has 20 heavy (non-hydrogen) atoms. The number of ether oxygens (including phenoxy) is 1. The Hall–Kier alpha value is -1.07. The second kappa shape index (κ2) is 6.59. The van der Waals surface area contributed by atoms with Crippen LogP contribution in [0.3, 0.4) is 0 Å². The van der Waals surface area contributed by atoms with Gasteiger partial charge < -0.3 is 10.5 Å². The van der Waals surface area contributed by atoms with Gasteiger partial charge in [-0.15, -0.1) is 0 Å². The largest absolute Gasteiger partial charge is 0.492 e. The van der Waals surface area contributed by atoms with E-state index < -0.39 is 9.84 Å². The van der Waals surface area contributed by atoms with Crippen molar-refractivity contribution in [1.82, 2.24) is 0 Å². The Morgan fingerprint density at radius 1 is 1.20 bits per heavy atom. The van der Waals surface area contributed by atoms with Gasteiger partial charge in [-0.2, -0.15) is 0 Å². The summed E-state index contributed by atoms with van der Waals surface area (Å²) < 4.78 is 29.3. The molecule has 2 unspecified atom stereocenters. The van der Waals surface area contributed by atoms with Crippen molar-refractivity contribution >= 4 is 9.84 Å². The fraction of sp³-hybridized carbons (Fsp3) is 0.600. The number of para-hydroxylation sites is 1. The monoisotopic (exact) mass is 297 g/mol. The molecule has 1 saturated carbocycles. The van der Waals surface area contributed by atoms with Crippen LogP contribution in [-0.2, 0) is 9.84 Å². The zero-order chi connectivity index (χ0) is 14.6. The highest BCUT2D eigenvalue weighted by molar-refractivity contribution is 7.90. The molecule has 0 amide bonds. The molecule has 1 aromatic carbocycles. The van der Waals surface area contributed by atoms with Gasteiger partial charge in [0.25, 0.3) is 0 Å². The highest BCUT2D eigenvalue weighted by Crippen LogP contribution is 2.31. The number of nitrogens with two attached hydrogens (primary N) is 1.